The normalized spacial score (nSPS) is 13.9. The Morgan fingerprint density at radius 2 is 0.680 bits per heavy atom. The second-order valence-electron chi connectivity index (χ2n) is 15.8. The van der Waals surface area contributed by atoms with Gasteiger partial charge in [-0.05, 0) is 75.0 Å². The van der Waals surface area contributed by atoms with Crippen LogP contribution in [0.25, 0.3) is 0 Å². The van der Waals surface area contributed by atoms with Crippen molar-refractivity contribution >= 4 is 153 Å². The Balaban J connectivity index is -0.00000169. The first-order chi connectivity index (χ1) is 21.7. The molecule has 0 saturated carbocycles. The van der Waals surface area contributed by atoms with E-state index in [1.165, 1.54) is 89.2 Å². The van der Waals surface area contributed by atoms with Crippen LogP contribution in [0.5, 0.6) is 0 Å². The number of esters is 2. The van der Waals surface area contributed by atoms with E-state index < -0.39 is 18.1 Å². The minimum absolute atomic E-state index is 0. The van der Waals surface area contributed by atoms with Crippen LogP contribution in [0.1, 0.15) is 185 Å². The molecular formula is C41H80Ca2Na2O5. The molecule has 0 aromatic carbocycles. The van der Waals surface area contributed by atoms with Crippen molar-refractivity contribution in [2.45, 2.75) is 185 Å². The van der Waals surface area contributed by atoms with Gasteiger partial charge in [-0.15, -0.1) is 0 Å². The van der Waals surface area contributed by atoms with Gasteiger partial charge in [0, 0.05) is 12.2 Å². The number of ether oxygens (including phenoxy) is 2. The summed E-state index contributed by atoms with van der Waals surface area (Å²) in [6.07, 6.45) is 22.8. The summed E-state index contributed by atoms with van der Waals surface area (Å²) in [5, 5.41) is 0. The van der Waals surface area contributed by atoms with Gasteiger partial charge in [-0.3, -0.25) is 0 Å². The van der Waals surface area contributed by atoms with Crippen LogP contribution in [-0.2, 0) is 19.1 Å². The maximum atomic E-state index is 12.1. The third kappa shape index (κ3) is 41.8. The number of carbonyl (C=O) groups is 3. The van der Waals surface area contributed by atoms with Gasteiger partial charge in [0.05, 0.1) is 0 Å². The quantitative estimate of drug-likeness (QED) is 0.0379. The molecule has 0 rings (SSSR count). The first kappa shape index (κ1) is 61.8. The van der Waals surface area contributed by atoms with Crippen LogP contribution in [0.3, 0.4) is 0 Å². The van der Waals surface area contributed by atoms with Crippen LogP contribution < -0.4 is 0 Å². The van der Waals surface area contributed by atoms with Crippen molar-refractivity contribution in [2.24, 2.45) is 35.5 Å². The molecule has 0 heterocycles. The zero-order chi connectivity index (χ0) is 34.9. The number of rotatable bonds is 26. The molecular weight excluding hydrogens is 699 g/mol. The number of hydrogen-bond donors (Lipinski definition) is 0. The molecule has 0 fully saturated rings. The SMILES string of the molecule is C/C(=C\C(=O)OC(=O)OC(=O)/C=C(\C)CCC[C@H](C)CCC[C@H](C)CCCC(C)C)CCC[C@H](C)CCC[C@H](C)CCCC(C)C.[CaH2].[CaH2].[NaH].[NaH]. The Morgan fingerprint density at radius 1 is 0.440 bits per heavy atom. The molecule has 5 nitrogen and oxygen atoms in total. The first-order valence-electron chi connectivity index (χ1n) is 19.0. The average Bonchev–Trinajstić information content (AvgIpc) is 2.92. The molecule has 0 spiro atoms. The summed E-state index contributed by atoms with van der Waals surface area (Å²) in [6.45, 7) is 22.3. The number of allylic oxidation sites excluding steroid dienone is 2. The number of carbonyl (C=O) groups excluding carboxylic acids is 3. The molecule has 280 valence electrons. The van der Waals surface area contributed by atoms with E-state index in [0.29, 0.717) is 11.8 Å². The van der Waals surface area contributed by atoms with Crippen LogP contribution in [0, 0.1) is 35.5 Å². The zero-order valence-corrected chi connectivity index (χ0v) is 31.9. The van der Waals surface area contributed by atoms with Crippen molar-refractivity contribution in [1.29, 1.82) is 0 Å². The summed E-state index contributed by atoms with van der Waals surface area (Å²) in [5.41, 5.74) is 1.72. The Kier molecular flexibility index (Phi) is 49.2. The summed E-state index contributed by atoms with van der Waals surface area (Å²) in [4.78, 5) is 36.2. The van der Waals surface area contributed by atoms with E-state index >= 15 is 0 Å². The van der Waals surface area contributed by atoms with E-state index in [0.717, 1.165) is 73.3 Å². The molecule has 4 atom stereocenters. The Morgan fingerprint density at radius 3 is 0.940 bits per heavy atom. The fourth-order valence-electron chi connectivity index (χ4n) is 6.21. The molecule has 0 aromatic heterocycles. The van der Waals surface area contributed by atoms with Crippen molar-refractivity contribution < 1.29 is 23.9 Å². The molecule has 0 aliphatic carbocycles. The number of hydrogen-bond acceptors (Lipinski definition) is 5. The fourth-order valence-corrected chi connectivity index (χ4v) is 6.21. The average molecular weight is 779 g/mol. The van der Waals surface area contributed by atoms with Gasteiger partial charge in [0.25, 0.3) is 0 Å². The summed E-state index contributed by atoms with van der Waals surface area (Å²) in [5.74, 6) is 2.94. The molecule has 0 aliphatic rings. The van der Waals surface area contributed by atoms with Crippen molar-refractivity contribution in [3.8, 4) is 0 Å². The maximum absolute atomic E-state index is 12.1. The van der Waals surface area contributed by atoms with E-state index in [-0.39, 0.29) is 135 Å². The molecule has 0 aromatic rings. The summed E-state index contributed by atoms with van der Waals surface area (Å²) in [7, 11) is 0. The van der Waals surface area contributed by atoms with Gasteiger partial charge < -0.3 is 9.47 Å². The van der Waals surface area contributed by atoms with E-state index in [2.05, 4.69) is 64.9 Å². The molecule has 0 bridgehead atoms. The molecule has 9 heteroatoms. The van der Waals surface area contributed by atoms with E-state index in [1.807, 2.05) is 13.8 Å². The monoisotopic (exact) mass is 779 g/mol. The first-order valence-corrected chi connectivity index (χ1v) is 19.0. The standard InChI is InChI=1S/C41H74O5.2Ca.2Na.6H/c1-31(2)17-11-19-33(5)21-13-23-35(7)25-15-27-37(9)29-39(42)45-41(44)46-40(43)30-38(10)28-16-26-36(8)24-14-22-34(6)20-12-18-32(3)4;;;;;;;;;;/h29-36H,11-28H2,1-10H3;;;;;;;;;;/b37-29+,38-30+;;;;;;;;;;/t33-,34-,35-,36-;;;;;;;;;;/m1........../s1. The molecule has 50 heavy (non-hydrogen) atoms. The third-order valence-electron chi connectivity index (χ3n) is 9.38. The van der Waals surface area contributed by atoms with Crippen molar-refractivity contribution in [1.82, 2.24) is 0 Å². The van der Waals surface area contributed by atoms with Crippen molar-refractivity contribution in [3.63, 3.8) is 0 Å². The van der Waals surface area contributed by atoms with Gasteiger partial charge >= 0.3 is 153 Å². The van der Waals surface area contributed by atoms with Crippen molar-refractivity contribution in [2.75, 3.05) is 0 Å². The van der Waals surface area contributed by atoms with Crippen LogP contribution in [0.4, 0.5) is 4.79 Å². The Bertz CT molecular complexity index is 837. The molecule has 0 N–H and O–H groups in total. The topological polar surface area (TPSA) is 69.7 Å². The van der Waals surface area contributed by atoms with E-state index in [4.69, 9.17) is 0 Å². The second kappa shape index (κ2) is 39.8. The van der Waals surface area contributed by atoms with Gasteiger partial charge in [0.1, 0.15) is 0 Å². The van der Waals surface area contributed by atoms with Gasteiger partial charge in [-0.2, -0.15) is 0 Å². The molecule has 0 amide bonds. The molecule has 0 aliphatic heterocycles. The van der Waals surface area contributed by atoms with Crippen molar-refractivity contribution in [3.05, 3.63) is 23.3 Å². The fraction of sp³-hybridized carbons (Fsp3) is 0.829. The second-order valence-corrected chi connectivity index (χ2v) is 15.8. The van der Waals surface area contributed by atoms with E-state index in [9.17, 15) is 14.4 Å². The van der Waals surface area contributed by atoms with Gasteiger partial charge in [-0.1, -0.05) is 156 Å². The van der Waals surface area contributed by atoms with Gasteiger partial charge in [0.2, 0.25) is 0 Å². The van der Waals surface area contributed by atoms with Crippen LogP contribution in [-0.4, -0.2) is 153 Å². The van der Waals surface area contributed by atoms with Crippen LogP contribution in [0.15, 0.2) is 23.3 Å². The van der Waals surface area contributed by atoms with Gasteiger partial charge in [-0.25, -0.2) is 14.4 Å². The van der Waals surface area contributed by atoms with Crippen LogP contribution in [0.2, 0.25) is 0 Å². The minimum atomic E-state index is -1.28. The zero-order valence-electron chi connectivity index (χ0n) is 31.9. The van der Waals surface area contributed by atoms with Crippen LogP contribution >= 0.6 is 0 Å². The van der Waals surface area contributed by atoms with E-state index in [1.54, 1.807) is 0 Å². The summed E-state index contributed by atoms with van der Waals surface area (Å²) < 4.78 is 9.38. The Labute approximate surface area is 414 Å². The third-order valence-corrected chi connectivity index (χ3v) is 9.38. The molecule has 0 unspecified atom stereocenters. The summed E-state index contributed by atoms with van der Waals surface area (Å²) in [6, 6.07) is 0. The predicted molar refractivity (Wildman–Crippen MR) is 226 cm³/mol. The Hall–Kier alpha value is 2.61. The summed E-state index contributed by atoms with van der Waals surface area (Å²) >= 11 is 0. The molecule has 0 radical (unpaired) electrons. The predicted octanol–water partition coefficient (Wildman–Crippen LogP) is 9.83. The van der Waals surface area contributed by atoms with Gasteiger partial charge in [0.15, 0.2) is 0 Å². The molecule has 0 saturated heterocycles.